The monoisotopic (exact) mass is 316 g/mol. The summed E-state index contributed by atoms with van der Waals surface area (Å²) in [5, 5.41) is 0.658. The second-order valence-electron chi connectivity index (χ2n) is 5.50. The Morgan fingerprint density at radius 1 is 1.18 bits per heavy atom. The van der Waals surface area contributed by atoms with Crippen LogP contribution in [-0.2, 0) is 9.53 Å². The van der Waals surface area contributed by atoms with Gasteiger partial charge in [-0.15, -0.1) is 0 Å². The van der Waals surface area contributed by atoms with E-state index in [0.717, 1.165) is 16.9 Å². The second kappa shape index (κ2) is 6.01. The molecule has 2 aromatic rings. The minimum absolute atomic E-state index is 0.0129. The molecule has 3 rings (SSSR count). The average molecular weight is 317 g/mol. The number of hydrogen-bond acceptors (Lipinski definition) is 3. The summed E-state index contributed by atoms with van der Waals surface area (Å²) < 4.78 is 11.3. The molecule has 0 spiro atoms. The van der Waals surface area contributed by atoms with Gasteiger partial charge >= 0.3 is 5.97 Å². The van der Waals surface area contributed by atoms with E-state index in [4.69, 9.17) is 21.1 Å². The molecule has 0 N–H and O–H groups in total. The third kappa shape index (κ3) is 2.81. The fraction of sp³-hybridized carbons (Fsp3) is 0.278. The van der Waals surface area contributed by atoms with Gasteiger partial charge < -0.3 is 9.47 Å². The van der Waals surface area contributed by atoms with E-state index in [9.17, 15) is 4.79 Å². The summed E-state index contributed by atoms with van der Waals surface area (Å²) in [6, 6.07) is 15.0. The number of hydrogen-bond donors (Lipinski definition) is 0. The standard InChI is InChI=1S/C18H17ClO3/c1-11-15-5-3-4-6-16(15)22-17(11)18(20)21-12(2)13-7-9-14(19)10-8-13/h3-12,17H,1-2H3. The average Bonchev–Trinajstić information content (AvgIpc) is 2.85. The van der Waals surface area contributed by atoms with Crippen molar-refractivity contribution in [2.45, 2.75) is 32.0 Å². The van der Waals surface area contributed by atoms with Crippen LogP contribution in [0.5, 0.6) is 5.75 Å². The van der Waals surface area contributed by atoms with Gasteiger partial charge in [0.2, 0.25) is 6.10 Å². The first-order valence-corrected chi connectivity index (χ1v) is 7.65. The molecule has 1 heterocycles. The first-order valence-electron chi connectivity index (χ1n) is 7.28. The van der Waals surface area contributed by atoms with Crippen molar-refractivity contribution >= 4 is 17.6 Å². The lowest BCUT2D eigenvalue weighted by Crippen LogP contribution is -2.30. The van der Waals surface area contributed by atoms with Crippen LogP contribution in [-0.4, -0.2) is 12.1 Å². The van der Waals surface area contributed by atoms with Crippen molar-refractivity contribution in [2.24, 2.45) is 0 Å². The highest BCUT2D eigenvalue weighted by atomic mass is 35.5. The van der Waals surface area contributed by atoms with Gasteiger partial charge in [-0.1, -0.05) is 48.9 Å². The van der Waals surface area contributed by atoms with Gasteiger partial charge in [0.1, 0.15) is 11.9 Å². The zero-order valence-electron chi connectivity index (χ0n) is 12.5. The molecule has 1 aliphatic rings. The summed E-state index contributed by atoms with van der Waals surface area (Å²) in [5.41, 5.74) is 1.95. The zero-order valence-corrected chi connectivity index (χ0v) is 13.2. The van der Waals surface area contributed by atoms with Crippen molar-refractivity contribution < 1.29 is 14.3 Å². The van der Waals surface area contributed by atoms with E-state index in [2.05, 4.69) is 0 Å². The second-order valence-corrected chi connectivity index (χ2v) is 5.93. The van der Waals surface area contributed by atoms with Gasteiger partial charge in [0.25, 0.3) is 0 Å². The Morgan fingerprint density at radius 3 is 2.55 bits per heavy atom. The van der Waals surface area contributed by atoms with Crippen molar-refractivity contribution in [1.82, 2.24) is 0 Å². The third-order valence-electron chi connectivity index (χ3n) is 3.98. The Morgan fingerprint density at radius 2 is 1.86 bits per heavy atom. The van der Waals surface area contributed by atoms with E-state index < -0.39 is 6.10 Å². The number of carbonyl (C=O) groups excluding carboxylic acids is 1. The van der Waals surface area contributed by atoms with Crippen molar-refractivity contribution in [3.05, 3.63) is 64.7 Å². The van der Waals surface area contributed by atoms with Gasteiger partial charge in [-0.2, -0.15) is 0 Å². The molecular formula is C18H17ClO3. The van der Waals surface area contributed by atoms with E-state index in [-0.39, 0.29) is 18.0 Å². The summed E-state index contributed by atoms with van der Waals surface area (Å²) in [4.78, 5) is 12.4. The minimum atomic E-state index is -0.591. The number of carbonyl (C=O) groups is 1. The lowest BCUT2D eigenvalue weighted by molar-refractivity contribution is -0.157. The van der Waals surface area contributed by atoms with Crippen LogP contribution in [0.25, 0.3) is 0 Å². The van der Waals surface area contributed by atoms with Crippen LogP contribution in [0.4, 0.5) is 0 Å². The smallest absolute Gasteiger partial charge is 0.348 e. The van der Waals surface area contributed by atoms with Crippen LogP contribution in [0.3, 0.4) is 0 Å². The third-order valence-corrected chi connectivity index (χ3v) is 4.23. The molecule has 0 saturated carbocycles. The highest BCUT2D eigenvalue weighted by Crippen LogP contribution is 2.38. The Kier molecular flexibility index (Phi) is 4.08. The topological polar surface area (TPSA) is 35.5 Å². The summed E-state index contributed by atoms with van der Waals surface area (Å²) in [5.74, 6) is 0.406. The van der Waals surface area contributed by atoms with Crippen molar-refractivity contribution in [3.8, 4) is 5.75 Å². The Labute approximate surface area is 134 Å². The molecule has 0 bridgehead atoms. The molecule has 0 amide bonds. The molecule has 0 fully saturated rings. The maximum Gasteiger partial charge on any atom is 0.348 e. The molecule has 1 aliphatic heterocycles. The largest absolute Gasteiger partial charge is 0.478 e. The van der Waals surface area contributed by atoms with Crippen LogP contribution in [0, 0.1) is 0 Å². The summed E-state index contributed by atoms with van der Waals surface area (Å²) in [6.07, 6.45) is -0.934. The molecule has 22 heavy (non-hydrogen) atoms. The molecule has 0 aromatic heterocycles. The lowest BCUT2D eigenvalue weighted by atomic mass is 9.98. The maximum atomic E-state index is 12.4. The number of ether oxygens (including phenoxy) is 2. The van der Waals surface area contributed by atoms with Crippen molar-refractivity contribution in [2.75, 3.05) is 0 Å². The van der Waals surface area contributed by atoms with Gasteiger partial charge in [0.05, 0.1) is 0 Å². The molecule has 3 unspecified atom stereocenters. The van der Waals surface area contributed by atoms with Crippen LogP contribution >= 0.6 is 11.6 Å². The van der Waals surface area contributed by atoms with Crippen LogP contribution in [0.1, 0.15) is 37.0 Å². The number of fused-ring (bicyclic) bond motifs is 1. The minimum Gasteiger partial charge on any atom is -0.478 e. The van der Waals surface area contributed by atoms with E-state index in [0.29, 0.717) is 5.02 Å². The zero-order chi connectivity index (χ0) is 15.7. The van der Waals surface area contributed by atoms with Gasteiger partial charge in [-0.3, -0.25) is 0 Å². The number of para-hydroxylation sites is 1. The van der Waals surface area contributed by atoms with E-state index >= 15 is 0 Å². The Bertz CT molecular complexity index is 681. The Hall–Kier alpha value is -2.00. The summed E-state index contributed by atoms with van der Waals surface area (Å²) >= 11 is 5.87. The molecule has 3 nitrogen and oxygen atoms in total. The molecule has 114 valence electrons. The lowest BCUT2D eigenvalue weighted by Gasteiger charge is -2.19. The molecule has 0 radical (unpaired) electrons. The van der Waals surface area contributed by atoms with Crippen molar-refractivity contribution in [1.29, 1.82) is 0 Å². The number of benzene rings is 2. The maximum absolute atomic E-state index is 12.4. The predicted molar refractivity (Wildman–Crippen MR) is 85.2 cm³/mol. The predicted octanol–water partition coefficient (Wildman–Crippen LogP) is 4.51. The van der Waals surface area contributed by atoms with Gasteiger partial charge in [0.15, 0.2) is 0 Å². The summed E-state index contributed by atoms with van der Waals surface area (Å²) in [6.45, 7) is 3.82. The van der Waals surface area contributed by atoms with Crippen LogP contribution in [0.15, 0.2) is 48.5 Å². The fourth-order valence-corrected chi connectivity index (χ4v) is 2.79. The molecule has 0 aliphatic carbocycles. The van der Waals surface area contributed by atoms with Crippen LogP contribution < -0.4 is 4.74 Å². The Balaban J connectivity index is 1.69. The fourth-order valence-electron chi connectivity index (χ4n) is 2.66. The number of rotatable bonds is 3. The first kappa shape index (κ1) is 14.9. The molecule has 2 aromatic carbocycles. The van der Waals surface area contributed by atoms with E-state index in [1.54, 1.807) is 12.1 Å². The van der Waals surface area contributed by atoms with Crippen molar-refractivity contribution in [3.63, 3.8) is 0 Å². The SMILES string of the molecule is CC(OC(=O)C1Oc2ccccc2C1C)c1ccc(Cl)cc1. The summed E-state index contributed by atoms with van der Waals surface area (Å²) in [7, 11) is 0. The molecule has 4 heteroatoms. The van der Waals surface area contributed by atoms with E-state index in [1.165, 1.54) is 0 Å². The number of halogens is 1. The van der Waals surface area contributed by atoms with Gasteiger partial charge in [0, 0.05) is 16.5 Å². The van der Waals surface area contributed by atoms with Gasteiger partial charge in [-0.25, -0.2) is 4.79 Å². The molecule has 3 atom stereocenters. The first-order chi connectivity index (χ1) is 10.6. The van der Waals surface area contributed by atoms with Crippen LogP contribution in [0.2, 0.25) is 5.02 Å². The van der Waals surface area contributed by atoms with Gasteiger partial charge in [-0.05, 0) is 30.7 Å². The molecular weight excluding hydrogens is 300 g/mol. The van der Waals surface area contributed by atoms with E-state index in [1.807, 2.05) is 50.2 Å². The highest BCUT2D eigenvalue weighted by molar-refractivity contribution is 6.30. The quantitative estimate of drug-likeness (QED) is 0.782. The normalized spacial score (nSPS) is 20.9. The number of esters is 1. The highest BCUT2D eigenvalue weighted by Gasteiger charge is 2.37. The molecule has 0 saturated heterocycles.